The Bertz CT molecular complexity index is 1280. The van der Waals surface area contributed by atoms with Gasteiger partial charge >= 0.3 is 6.03 Å². The number of urea groups is 1. The van der Waals surface area contributed by atoms with E-state index in [1.54, 1.807) is 30.3 Å². The molecule has 3 aromatic rings. The maximum atomic E-state index is 13.8. The van der Waals surface area contributed by atoms with Gasteiger partial charge in [0.2, 0.25) is 0 Å². The van der Waals surface area contributed by atoms with Crippen molar-refractivity contribution in [1.29, 1.82) is 0 Å². The number of benzene rings is 2. The number of rotatable bonds is 7. The summed E-state index contributed by atoms with van der Waals surface area (Å²) in [4.78, 5) is 12.4. The molecule has 9 nitrogen and oxygen atoms in total. The zero-order valence-electron chi connectivity index (χ0n) is 18.9. The lowest BCUT2D eigenvalue weighted by Crippen LogP contribution is -2.30. The van der Waals surface area contributed by atoms with E-state index in [1.165, 1.54) is 10.7 Å². The molecule has 0 saturated carbocycles. The van der Waals surface area contributed by atoms with Crippen molar-refractivity contribution in [2.24, 2.45) is 5.14 Å². The molecule has 0 atom stereocenters. The summed E-state index contributed by atoms with van der Waals surface area (Å²) in [5.74, 6) is -1.96. The number of hydrogen-bond acceptors (Lipinski definition) is 4. The van der Waals surface area contributed by atoms with E-state index in [1.807, 2.05) is 20.8 Å². The summed E-state index contributed by atoms with van der Waals surface area (Å²) < 4.78 is 52.8. The van der Waals surface area contributed by atoms with Crippen LogP contribution in [0.2, 0.25) is 0 Å². The normalized spacial score (nSPS) is 11.9. The van der Waals surface area contributed by atoms with Gasteiger partial charge in [0.1, 0.15) is 0 Å². The second kappa shape index (κ2) is 9.87. The first-order valence-corrected chi connectivity index (χ1v) is 11.8. The first-order chi connectivity index (χ1) is 15.8. The number of halogens is 2. The van der Waals surface area contributed by atoms with Crippen molar-refractivity contribution in [2.75, 3.05) is 5.32 Å². The largest absolute Gasteiger partial charge is 0.332 e. The van der Waals surface area contributed by atoms with E-state index in [2.05, 4.69) is 20.5 Å². The molecule has 0 spiro atoms. The Morgan fingerprint density at radius 3 is 2.29 bits per heavy atom. The number of anilines is 1. The van der Waals surface area contributed by atoms with Crippen molar-refractivity contribution in [3.05, 3.63) is 77.1 Å². The van der Waals surface area contributed by atoms with Crippen LogP contribution in [0.4, 0.5) is 19.3 Å². The highest BCUT2D eigenvalue weighted by Gasteiger charge is 2.21. The molecular formula is C22H26F2N6O3S. The summed E-state index contributed by atoms with van der Waals surface area (Å²) in [6.07, 6.45) is 0. The van der Waals surface area contributed by atoms with Crippen molar-refractivity contribution in [3.8, 4) is 5.69 Å². The number of nitrogens with two attached hydrogens (primary N) is 1. The van der Waals surface area contributed by atoms with Crippen molar-refractivity contribution in [1.82, 2.24) is 19.8 Å². The quantitative estimate of drug-likeness (QED) is 0.404. The summed E-state index contributed by atoms with van der Waals surface area (Å²) in [5.41, 5.74) is 2.47. The van der Waals surface area contributed by atoms with Gasteiger partial charge in [-0.2, -0.15) is 18.2 Å². The highest BCUT2D eigenvalue weighted by Crippen LogP contribution is 2.24. The summed E-state index contributed by atoms with van der Waals surface area (Å²) in [6.45, 7) is 6.00. The average Bonchev–Trinajstić information content (AvgIpc) is 3.18. The smallest absolute Gasteiger partial charge is 0.319 e. The van der Waals surface area contributed by atoms with Crippen LogP contribution in [0.25, 0.3) is 5.69 Å². The first kappa shape index (κ1) is 25.3. The SMILES string of the molecule is CC(C)(C)c1cc(CNC(=O)Nc2ccc(CNS(N)(=O)=O)cc2)n(-c2ccc(F)c(F)c2)n1. The molecule has 182 valence electrons. The number of aromatic nitrogens is 2. The Labute approximate surface area is 196 Å². The van der Waals surface area contributed by atoms with Gasteiger partial charge < -0.3 is 10.6 Å². The zero-order valence-corrected chi connectivity index (χ0v) is 19.7. The lowest BCUT2D eigenvalue weighted by Gasteiger charge is -2.14. The molecule has 0 bridgehead atoms. The minimum atomic E-state index is -3.80. The van der Waals surface area contributed by atoms with Crippen LogP contribution in [0.1, 0.15) is 37.7 Å². The molecule has 0 unspecified atom stereocenters. The van der Waals surface area contributed by atoms with Gasteiger partial charge in [0.15, 0.2) is 11.6 Å². The number of amides is 2. The predicted molar refractivity (Wildman–Crippen MR) is 124 cm³/mol. The second-order valence-electron chi connectivity index (χ2n) is 8.65. The number of carbonyl (C=O) groups excluding carboxylic acids is 1. The Morgan fingerprint density at radius 1 is 1.03 bits per heavy atom. The van der Waals surface area contributed by atoms with E-state index in [0.717, 1.165) is 17.8 Å². The van der Waals surface area contributed by atoms with E-state index >= 15 is 0 Å². The minimum Gasteiger partial charge on any atom is -0.332 e. The molecular weight excluding hydrogens is 466 g/mol. The molecule has 34 heavy (non-hydrogen) atoms. The summed E-state index contributed by atoms with van der Waals surface area (Å²) in [6, 6.07) is 11.3. The van der Waals surface area contributed by atoms with Crippen molar-refractivity contribution >= 4 is 21.9 Å². The third-order valence-electron chi connectivity index (χ3n) is 4.82. The zero-order chi connectivity index (χ0) is 25.1. The fraction of sp³-hybridized carbons (Fsp3) is 0.273. The van der Waals surface area contributed by atoms with Gasteiger partial charge in [0.05, 0.1) is 23.6 Å². The van der Waals surface area contributed by atoms with Crippen LogP contribution in [-0.2, 0) is 28.7 Å². The van der Waals surface area contributed by atoms with Crippen LogP contribution in [0.3, 0.4) is 0 Å². The van der Waals surface area contributed by atoms with Gasteiger partial charge in [-0.25, -0.2) is 23.4 Å². The highest BCUT2D eigenvalue weighted by atomic mass is 32.2. The topological polar surface area (TPSA) is 131 Å². The van der Waals surface area contributed by atoms with Crippen molar-refractivity contribution < 1.29 is 22.0 Å². The van der Waals surface area contributed by atoms with Crippen molar-refractivity contribution in [3.63, 3.8) is 0 Å². The van der Waals surface area contributed by atoms with E-state index in [4.69, 9.17) is 5.14 Å². The van der Waals surface area contributed by atoms with E-state index < -0.39 is 27.9 Å². The first-order valence-electron chi connectivity index (χ1n) is 10.3. The summed E-state index contributed by atoms with van der Waals surface area (Å²) in [5, 5.41) is 14.8. The Morgan fingerprint density at radius 2 is 1.71 bits per heavy atom. The predicted octanol–water partition coefficient (Wildman–Crippen LogP) is 3.06. The molecule has 0 aliphatic carbocycles. The van der Waals surface area contributed by atoms with Crippen LogP contribution in [0.5, 0.6) is 0 Å². The van der Waals surface area contributed by atoms with Crippen LogP contribution >= 0.6 is 0 Å². The molecule has 0 radical (unpaired) electrons. The van der Waals surface area contributed by atoms with Crippen LogP contribution < -0.4 is 20.5 Å². The Hall–Kier alpha value is -3.35. The fourth-order valence-corrected chi connectivity index (χ4v) is 3.36. The van der Waals surface area contributed by atoms with E-state index in [0.29, 0.717) is 22.6 Å². The van der Waals surface area contributed by atoms with Gasteiger partial charge in [0.25, 0.3) is 10.2 Å². The monoisotopic (exact) mass is 492 g/mol. The molecule has 0 aliphatic rings. The lowest BCUT2D eigenvalue weighted by molar-refractivity contribution is 0.251. The number of nitrogens with zero attached hydrogens (tertiary/aromatic N) is 2. The van der Waals surface area contributed by atoms with Crippen LogP contribution in [0, 0.1) is 11.6 Å². The molecule has 0 aliphatic heterocycles. The number of nitrogens with one attached hydrogen (secondary N) is 3. The van der Waals surface area contributed by atoms with Gasteiger partial charge in [-0.15, -0.1) is 0 Å². The highest BCUT2D eigenvalue weighted by molar-refractivity contribution is 7.87. The molecule has 2 aromatic carbocycles. The van der Waals surface area contributed by atoms with Crippen LogP contribution in [0.15, 0.2) is 48.5 Å². The molecule has 0 saturated heterocycles. The second-order valence-corrected chi connectivity index (χ2v) is 10.0. The third kappa shape index (κ3) is 6.83. The molecule has 0 fully saturated rings. The Kier molecular flexibility index (Phi) is 7.34. The molecule has 2 amide bonds. The lowest BCUT2D eigenvalue weighted by atomic mass is 9.92. The molecule has 12 heteroatoms. The number of carbonyl (C=O) groups is 1. The molecule has 5 N–H and O–H groups in total. The number of hydrogen-bond donors (Lipinski definition) is 4. The van der Waals surface area contributed by atoms with Gasteiger partial charge in [0, 0.05) is 23.7 Å². The van der Waals surface area contributed by atoms with Crippen LogP contribution in [-0.4, -0.2) is 24.2 Å². The standard InChI is InChI=1S/C22H26F2N6O3S/c1-22(2,3)20-11-17(30(29-20)16-8-9-18(23)19(24)10-16)13-26-21(31)28-15-6-4-14(5-7-15)12-27-34(25,32)33/h4-11,27H,12-13H2,1-3H3,(H2,25,32,33)(H2,26,28,31). The Balaban J connectivity index is 1.70. The summed E-state index contributed by atoms with van der Waals surface area (Å²) >= 11 is 0. The average molecular weight is 493 g/mol. The van der Waals surface area contributed by atoms with Gasteiger partial charge in [-0.05, 0) is 35.9 Å². The van der Waals surface area contributed by atoms with Crippen molar-refractivity contribution in [2.45, 2.75) is 39.3 Å². The molecule has 3 rings (SSSR count). The maximum absolute atomic E-state index is 13.8. The van der Waals surface area contributed by atoms with Gasteiger partial charge in [-0.1, -0.05) is 32.9 Å². The molecule has 1 aromatic heterocycles. The molecule has 1 heterocycles. The maximum Gasteiger partial charge on any atom is 0.319 e. The van der Waals surface area contributed by atoms with E-state index in [-0.39, 0.29) is 18.5 Å². The fourth-order valence-electron chi connectivity index (χ4n) is 2.99. The minimum absolute atomic E-state index is 0.0232. The van der Waals surface area contributed by atoms with E-state index in [9.17, 15) is 22.0 Å². The summed E-state index contributed by atoms with van der Waals surface area (Å²) in [7, 11) is -3.80. The van der Waals surface area contributed by atoms with Gasteiger partial charge in [-0.3, -0.25) is 0 Å². The third-order valence-corrected chi connectivity index (χ3v) is 5.37.